The fourth-order valence-corrected chi connectivity index (χ4v) is 5.06. The summed E-state index contributed by atoms with van der Waals surface area (Å²) >= 11 is 5.87. The van der Waals surface area contributed by atoms with E-state index in [4.69, 9.17) is 16.3 Å². The molecule has 1 aromatic heterocycles. The number of aromatic nitrogens is 2. The highest BCUT2D eigenvalue weighted by Crippen LogP contribution is 2.29. The van der Waals surface area contributed by atoms with Crippen LogP contribution in [0.15, 0.2) is 30.3 Å². The fraction of sp³-hybridized carbons (Fsp3) is 0.500. The first kappa shape index (κ1) is 20.1. The Hall–Kier alpha value is -1.61. The molecular weight excluding hydrogens is 388 g/mol. The molecule has 27 heavy (non-hydrogen) atoms. The molecule has 0 bridgehead atoms. The third-order valence-electron chi connectivity index (χ3n) is 4.79. The molecule has 2 heterocycles. The monoisotopic (exact) mass is 412 g/mol. The van der Waals surface area contributed by atoms with Gasteiger partial charge in [-0.3, -0.25) is 5.10 Å². The van der Waals surface area contributed by atoms with Crippen LogP contribution in [0.2, 0.25) is 5.02 Å². The maximum atomic E-state index is 12.7. The van der Waals surface area contributed by atoms with Crippen molar-refractivity contribution in [1.29, 1.82) is 0 Å². The lowest BCUT2D eigenvalue weighted by Gasteiger charge is -2.25. The van der Waals surface area contributed by atoms with Crippen LogP contribution in [0.4, 0.5) is 0 Å². The largest absolute Gasteiger partial charge is 0.487 e. The van der Waals surface area contributed by atoms with Gasteiger partial charge in [0.05, 0.1) is 11.4 Å². The highest BCUT2D eigenvalue weighted by atomic mass is 35.5. The van der Waals surface area contributed by atoms with E-state index in [0.29, 0.717) is 37.8 Å². The molecule has 0 saturated carbocycles. The lowest BCUT2D eigenvalue weighted by atomic mass is 10.1. The molecule has 1 fully saturated rings. The van der Waals surface area contributed by atoms with E-state index in [1.807, 2.05) is 32.0 Å². The summed E-state index contributed by atoms with van der Waals surface area (Å²) in [5.41, 5.74) is 1.73. The van der Waals surface area contributed by atoms with Crippen molar-refractivity contribution >= 4 is 21.8 Å². The van der Waals surface area contributed by atoms with Crippen LogP contribution in [0, 0.1) is 0 Å². The lowest BCUT2D eigenvalue weighted by molar-refractivity contribution is 0.301. The van der Waals surface area contributed by atoms with Gasteiger partial charge in [-0.15, -0.1) is 0 Å². The topological polar surface area (TPSA) is 78.5 Å². The van der Waals surface area contributed by atoms with Crippen LogP contribution >= 0.6 is 11.6 Å². The minimum absolute atomic E-state index is 0.0934. The van der Waals surface area contributed by atoms with E-state index in [0.717, 1.165) is 23.6 Å². The average Bonchev–Trinajstić information content (AvgIpc) is 3.32. The number of nitrogens with zero attached hydrogens (tertiary/aromatic N) is 3. The molecule has 3 rings (SSSR count). The second-order valence-corrected chi connectivity index (χ2v) is 8.86. The first-order valence-electron chi connectivity index (χ1n) is 9.11. The van der Waals surface area contributed by atoms with Crippen molar-refractivity contribution in [2.24, 2.45) is 0 Å². The number of aromatic amines is 1. The van der Waals surface area contributed by atoms with Crippen molar-refractivity contribution < 1.29 is 13.2 Å². The maximum Gasteiger partial charge on any atom is 0.281 e. The van der Waals surface area contributed by atoms with Crippen molar-refractivity contribution in [3.05, 3.63) is 46.7 Å². The predicted molar refractivity (Wildman–Crippen MR) is 105 cm³/mol. The molecule has 0 spiro atoms. The van der Waals surface area contributed by atoms with Crippen LogP contribution < -0.4 is 4.74 Å². The zero-order valence-electron chi connectivity index (χ0n) is 15.6. The van der Waals surface area contributed by atoms with E-state index in [1.165, 1.54) is 4.31 Å². The van der Waals surface area contributed by atoms with Gasteiger partial charge in [0.25, 0.3) is 10.2 Å². The molecule has 1 aliphatic rings. The molecule has 1 N–H and O–H groups in total. The summed E-state index contributed by atoms with van der Waals surface area (Å²) in [6.45, 7) is 6.02. The first-order valence-corrected chi connectivity index (χ1v) is 10.9. The van der Waals surface area contributed by atoms with Crippen LogP contribution in [0.5, 0.6) is 5.75 Å². The van der Waals surface area contributed by atoms with Gasteiger partial charge < -0.3 is 4.74 Å². The highest BCUT2D eigenvalue weighted by Gasteiger charge is 2.35. The Labute approximate surface area is 165 Å². The fourth-order valence-electron chi connectivity index (χ4n) is 3.25. The van der Waals surface area contributed by atoms with Crippen LogP contribution in [0.3, 0.4) is 0 Å². The van der Waals surface area contributed by atoms with Crippen LogP contribution in [0.25, 0.3) is 0 Å². The standard InChI is InChI=1S/C18H25ClN4O3S/c1-3-22(4-2)27(24,25)23-10-9-14(12-23)18-11-16(20-21-18)13-26-17-7-5-15(19)6-8-17/h5-8,11,14H,3-4,9-10,12-13H2,1-2H3,(H,20,21). The minimum Gasteiger partial charge on any atom is -0.487 e. The summed E-state index contributed by atoms with van der Waals surface area (Å²) in [5, 5.41) is 8.01. The molecule has 148 valence electrons. The number of rotatable bonds is 8. The zero-order valence-corrected chi connectivity index (χ0v) is 17.1. The van der Waals surface area contributed by atoms with Crippen molar-refractivity contribution in [3.63, 3.8) is 0 Å². The van der Waals surface area contributed by atoms with E-state index in [1.54, 1.807) is 16.4 Å². The Bertz CT molecular complexity index is 850. The van der Waals surface area contributed by atoms with Gasteiger partial charge in [0.2, 0.25) is 0 Å². The van der Waals surface area contributed by atoms with Crippen LogP contribution in [-0.2, 0) is 16.8 Å². The third-order valence-corrected chi connectivity index (χ3v) is 7.19. The molecule has 7 nitrogen and oxygen atoms in total. The van der Waals surface area contributed by atoms with Crippen molar-refractivity contribution in [3.8, 4) is 5.75 Å². The van der Waals surface area contributed by atoms with Gasteiger partial charge in [0.15, 0.2) is 0 Å². The Balaban J connectivity index is 1.59. The number of hydrogen-bond acceptors (Lipinski definition) is 4. The summed E-state index contributed by atoms with van der Waals surface area (Å²) in [6, 6.07) is 9.13. The number of nitrogens with one attached hydrogen (secondary N) is 1. The molecule has 0 amide bonds. The molecule has 1 aliphatic heterocycles. The molecule has 1 atom stereocenters. The quantitative estimate of drug-likeness (QED) is 0.722. The second-order valence-electron chi connectivity index (χ2n) is 6.50. The normalized spacial score (nSPS) is 18.3. The molecule has 9 heteroatoms. The van der Waals surface area contributed by atoms with Gasteiger partial charge in [-0.05, 0) is 36.8 Å². The number of H-pyrrole nitrogens is 1. The van der Waals surface area contributed by atoms with Gasteiger partial charge in [0, 0.05) is 37.1 Å². The third kappa shape index (κ3) is 4.63. The Morgan fingerprint density at radius 3 is 2.67 bits per heavy atom. The van der Waals surface area contributed by atoms with E-state index >= 15 is 0 Å². The van der Waals surface area contributed by atoms with Gasteiger partial charge in [-0.1, -0.05) is 25.4 Å². The Kier molecular flexibility index (Phi) is 6.41. The van der Waals surface area contributed by atoms with Crippen LogP contribution in [-0.4, -0.2) is 53.4 Å². The summed E-state index contributed by atoms with van der Waals surface area (Å²) in [7, 11) is -3.39. The van der Waals surface area contributed by atoms with Gasteiger partial charge in [-0.2, -0.15) is 22.1 Å². The summed E-state index contributed by atoms with van der Waals surface area (Å²) in [6.07, 6.45) is 0.767. The van der Waals surface area contributed by atoms with Gasteiger partial charge >= 0.3 is 0 Å². The van der Waals surface area contributed by atoms with Crippen LogP contribution in [0.1, 0.15) is 37.6 Å². The van der Waals surface area contributed by atoms with E-state index in [2.05, 4.69) is 10.2 Å². The molecule has 2 aromatic rings. The summed E-state index contributed by atoms with van der Waals surface area (Å²) < 4.78 is 34.1. The first-order chi connectivity index (χ1) is 12.9. The SMILES string of the molecule is CCN(CC)S(=O)(=O)N1CCC(c2cc(COc3ccc(Cl)cc3)[nH]n2)C1. The molecule has 1 saturated heterocycles. The molecule has 1 aromatic carbocycles. The predicted octanol–water partition coefficient (Wildman–Crippen LogP) is 3.02. The van der Waals surface area contributed by atoms with Crippen molar-refractivity contribution in [2.75, 3.05) is 26.2 Å². The molecule has 1 unspecified atom stereocenters. The molecule has 0 aliphatic carbocycles. The number of halogens is 1. The van der Waals surface area contributed by atoms with E-state index < -0.39 is 10.2 Å². The average molecular weight is 413 g/mol. The maximum absolute atomic E-state index is 12.7. The Morgan fingerprint density at radius 1 is 1.30 bits per heavy atom. The molecule has 0 radical (unpaired) electrons. The van der Waals surface area contributed by atoms with Gasteiger partial charge in [-0.25, -0.2) is 0 Å². The Morgan fingerprint density at radius 2 is 2.00 bits per heavy atom. The molecular formula is C18H25ClN4O3S. The zero-order chi connectivity index (χ0) is 19.4. The van der Waals surface area contributed by atoms with Crippen molar-refractivity contribution in [2.45, 2.75) is 32.8 Å². The van der Waals surface area contributed by atoms with E-state index in [-0.39, 0.29) is 5.92 Å². The smallest absolute Gasteiger partial charge is 0.281 e. The number of ether oxygens (including phenoxy) is 1. The highest BCUT2D eigenvalue weighted by molar-refractivity contribution is 7.86. The second kappa shape index (κ2) is 8.60. The van der Waals surface area contributed by atoms with E-state index in [9.17, 15) is 8.42 Å². The van der Waals surface area contributed by atoms with Gasteiger partial charge in [0.1, 0.15) is 12.4 Å². The minimum atomic E-state index is -3.39. The lowest BCUT2D eigenvalue weighted by Crippen LogP contribution is -2.42. The van der Waals surface area contributed by atoms with Crippen molar-refractivity contribution in [1.82, 2.24) is 18.8 Å². The summed E-state index contributed by atoms with van der Waals surface area (Å²) in [5.74, 6) is 0.823. The number of hydrogen-bond donors (Lipinski definition) is 1. The summed E-state index contributed by atoms with van der Waals surface area (Å²) in [4.78, 5) is 0. The number of benzene rings is 1.